The van der Waals surface area contributed by atoms with Crippen molar-refractivity contribution in [2.45, 2.75) is 19.8 Å². The summed E-state index contributed by atoms with van der Waals surface area (Å²) >= 11 is 1.74. The van der Waals surface area contributed by atoms with Crippen molar-refractivity contribution in [2.24, 2.45) is 0 Å². The summed E-state index contributed by atoms with van der Waals surface area (Å²) in [5.74, 6) is -0.000230. The lowest BCUT2D eigenvalue weighted by Crippen LogP contribution is -2.10. The van der Waals surface area contributed by atoms with Gasteiger partial charge in [0.25, 0.3) is 0 Å². The van der Waals surface area contributed by atoms with Crippen molar-refractivity contribution in [1.29, 1.82) is 0 Å². The van der Waals surface area contributed by atoms with Crippen molar-refractivity contribution in [3.63, 3.8) is 0 Å². The van der Waals surface area contributed by atoms with E-state index in [4.69, 9.17) is 0 Å². The number of fused-ring (bicyclic) bond motifs is 2. The molecule has 6 rings (SSSR count). The molecule has 35 heavy (non-hydrogen) atoms. The highest BCUT2D eigenvalue weighted by Crippen LogP contribution is 2.36. The molecule has 0 aliphatic carbocycles. The predicted octanol–water partition coefficient (Wildman–Crippen LogP) is 7.24. The van der Waals surface area contributed by atoms with Crippen LogP contribution in [0, 0.1) is 0 Å². The Hall–Kier alpha value is -4.23. The molecule has 0 fully saturated rings. The quantitative estimate of drug-likeness (QED) is 0.236. The smallest absolute Gasteiger partial charge is 0.224 e. The van der Waals surface area contributed by atoms with Gasteiger partial charge in [-0.3, -0.25) is 14.9 Å². The molecule has 0 aliphatic rings. The maximum atomic E-state index is 12.0. The molecule has 0 radical (unpaired) electrons. The van der Waals surface area contributed by atoms with Crippen LogP contribution in [-0.2, 0) is 4.79 Å². The van der Waals surface area contributed by atoms with Crippen LogP contribution in [0.25, 0.3) is 54.8 Å². The monoisotopic (exact) mass is 477 g/mol. The van der Waals surface area contributed by atoms with Gasteiger partial charge in [-0.25, -0.2) is 0 Å². The number of nitrogens with zero attached hydrogens (tertiary/aromatic N) is 2. The molecule has 6 nitrogen and oxygen atoms in total. The van der Waals surface area contributed by atoms with Crippen LogP contribution in [0.1, 0.15) is 19.8 Å². The van der Waals surface area contributed by atoms with Gasteiger partial charge in [0.1, 0.15) is 5.69 Å². The number of aromatic nitrogens is 4. The number of carbonyl (C=O) groups is 1. The van der Waals surface area contributed by atoms with Crippen LogP contribution < -0.4 is 5.32 Å². The Morgan fingerprint density at radius 1 is 0.971 bits per heavy atom. The Morgan fingerprint density at radius 3 is 2.77 bits per heavy atom. The van der Waals surface area contributed by atoms with Crippen molar-refractivity contribution in [3.05, 3.63) is 78.4 Å². The van der Waals surface area contributed by atoms with E-state index in [2.05, 4.69) is 73.3 Å². The molecule has 2 aromatic carbocycles. The minimum absolute atomic E-state index is 0.000230. The molecule has 1 amide bonds. The predicted molar refractivity (Wildman–Crippen MR) is 143 cm³/mol. The first kappa shape index (κ1) is 21.3. The van der Waals surface area contributed by atoms with Gasteiger partial charge in [-0.05, 0) is 53.8 Å². The van der Waals surface area contributed by atoms with E-state index in [-0.39, 0.29) is 5.91 Å². The number of carbonyl (C=O) groups excluding carboxylic acids is 1. The number of hydrogen-bond acceptors (Lipinski definition) is 4. The summed E-state index contributed by atoms with van der Waals surface area (Å²) in [6.45, 7) is 1.99. The van der Waals surface area contributed by atoms with Crippen LogP contribution in [0.2, 0.25) is 0 Å². The lowest BCUT2D eigenvalue weighted by Gasteiger charge is -2.07. The summed E-state index contributed by atoms with van der Waals surface area (Å²) in [7, 11) is 0. The molecule has 0 aliphatic heterocycles. The third kappa shape index (κ3) is 4.00. The summed E-state index contributed by atoms with van der Waals surface area (Å²) < 4.78 is 0. The number of rotatable bonds is 6. The topological polar surface area (TPSA) is 86.5 Å². The van der Waals surface area contributed by atoms with Crippen molar-refractivity contribution >= 4 is 44.7 Å². The number of pyridine rings is 1. The number of nitrogens with one attached hydrogen (secondary N) is 3. The lowest BCUT2D eigenvalue weighted by atomic mass is 10.0. The molecule has 6 aromatic rings. The highest BCUT2D eigenvalue weighted by atomic mass is 32.1. The molecule has 0 saturated heterocycles. The van der Waals surface area contributed by atoms with Crippen molar-refractivity contribution in [2.75, 3.05) is 5.32 Å². The minimum atomic E-state index is -0.000230. The second-order valence-corrected chi connectivity index (χ2v) is 9.47. The molecule has 4 heterocycles. The summed E-state index contributed by atoms with van der Waals surface area (Å²) in [4.78, 5) is 21.2. The lowest BCUT2D eigenvalue weighted by molar-refractivity contribution is -0.116. The SMILES string of the molecule is CCCC(=O)Nc1cncc(-c2ccc3[nH]nc(-c4cc5c(-c6cccs6)cccc5[nH]4)c3c2)c1. The van der Waals surface area contributed by atoms with E-state index in [9.17, 15) is 4.79 Å². The van der Waals surface area contributed by atoms with Gasteiger partial charge >= 0.3 is 0 Å². The molecule has 0 bridgehead atoms. The van der Waals surface area contributed by atoms with Gasteiger partial charge in [-0.2, -0.15) is 5.10 Å². The average molecular weight is 478 g/mol. The van der Waals surface area contributed by atoms with E-state index < -0.39 is 0 Å². The van der Waals surface area contributed by atoms with E-state index in [1.54, 1.807) is 17.5 Å². The maximum absolute atomic E-state index is 12.0. The molecule has 4 aromatic heterocycles. The van der Waals surface area contributed by atoms with Gasteiger partial charge in [-0.1, -0.05) is 31.2 Å². The van der Waals surface area contributed by atoms with Gasteiger partial charge in [0.15, 0.2) is 0 Å². The van der Waals surface area contributed by atoms with E-state index in [0.29, 0.717) is 12.1 Å². The van der Waals surface area contributed by atoms with Crippen LogP contribution in [0.3, 0.4) is 0 Å². The number of amides is 1. The zero-order chi connectivity index (χ0) is 23.8. The number of hydrogen-bond donors (Lipinski definition) is 3. The molecule has 0 spiro atoms. The number of aromatic amines is 2. The summed E-state index contributed by atoms with van der Waals surface area (Å²) in [6, 6.07) is 20.9. The van der Waals surface area contributed by atoms with E-state index in [1.165, 1.54) is 15.8 Å². The van der Waals surface area contributed by atoms with Gasteiger partial charge in [0.2, 0.25) is 5.91 Å². The standard InChI is InChI=1S/C28H23N5OS/c1-2-5-27(34)30-19-12-18(15-29-16-19)17-9-10-24-22(13-17)28(33-32-24)25-14-21-20(26-8-4-11-35-26)6-3-7-23(21)31-25/h3-4,6-16,31H,2,5H2,1H3,(H,30,34)(H,32,33). The number of thiophene rings is 1. The second kappa shape index (κ2) is 8.85. The molecule has 172 valence electrons. The minimum Gasteiger partial charge on any atom is -0.353 e. The van der Waals surface area contributed by atoms with Crippen LogP contribution in [0.4, 0.5) is 5.69 Å². The molecule has 7 heteroatoms. The molecular weight excluding hydrogens is 454 g/mol. The largest absolute Gasteiger partial charge is 0.353 e. The summed E-state index contributed by atoms with van der Waals surface area (Å²) in [5.41, 5.74) is 7.74. The molecule has 3 N–H and O–H groups in total. The summed E-state index contributed by atoms with van der Waals surface area (Å²) in [5, 5.41) is 15.0. The fourth-order valence-corrected chi connectivity index (χ4v) is 5.21. The average Bonchev–Trinajstić information content (AvgIpc) is 3.63. The Bertz CT molecular complexity index is 1660. The first-order valence-electron chi connectivity index (χ1n) is 11.6. The summed E-state index contributed by atoms with van der Waals surface area (Å²) in [6.07, 6.45) is 4.79. The van der Waals surface area contributed by atoms with Crippen LogP contribution in [0.15, 0.2) is 78.4 Å². The Morgan fingerprint density at radius 2 is 1.91 bits per heavy atom. The van der Waals surface area contributed by atoms with Crippen LogP contribution in [0.5, 0.6) is 0 Å². The van der Waals surface area contributed by atoms with Gasteiger partial charge in [-0.15, -0.1) is 11.3 Å². The Balaban J connectivity index is 1.40. The van der Waals surface area contributed by atoms with Gasteiger partial charge in [0.05, 0.1) is 23.1 Å². The number of H-pyrrole nitrogens is 2. The van der Waals surface area contributed by atoms with Gasteiger partial charge < -0.3 is 10.3 Å². The Kier molecular flexibility index (Phi) is 5.39. The van der Waals surface area contributed by atoms with Crippen LogP contribution in [-0.4, -0.2) is 26.1 Å². The second-order valence-electron chi connectivity index (χ2n) is 8.52. The maximum Gasteiger partial charge on any atom is 0.224 e. The van der Waals surface area contributed by atoms with Crippen molar-refractivity contribution in [1.82, 2.24) is 20.2 Å². The van der Waals surface area contributed by atoms with E-state index in [0.717, 1.165) is 45.4 Å². The van der Waals surface area contributed by atoms with Crippen molar-refractivity contribution in [3.8, 4) is 33.0 Å². The number of anilines is 1. The van der Waals surface area contributed by atoms with Crippen molar-refractivity contribution < 1.29 is 4.79 Å². The normalized spacial score (nSPS) is 11.3. The highest BCUT2D eigenvalue weighted by molar-refractivity contribution is 7.13. The first-order valence-corrected chi connectivity index (χ1v) is 12.5. The first-order chi connectivity index (χ1) is 17.2. The molecule has 0 saturated carbocycles. The Labute approximate surface area is 206 Å². The molecule has 0 atom stereocenters. The zero-order valence-corrected chi connectivity index (χ0v) is 19.9. The van der Waals surface area contributed by atoms with Crippen LogP contribution >= 0.6 is 11.3 Å². The third-order valence-corrected chi connectivity index (χ3v) is 7.00. The zero-order valence-electron chi connectivity index (χ0n) is 19.1. The molecule has 0 unspecified atom stereocenters. The van der Waals surface area contributed by atoms with E-state index in [1.807, 2.05) is 31.3 Å². The highest BCUT2D eigenvalue weighted by Gasteiger charge is 2.15. The fraction of sp³-hybridized carbons (Fsp3) is 0.107. The van der Waals surface area contributed by atoms with Gasteiger partial charge in [0, 0.05) is 44.9 Å². The fourth-order valence-electron chi connectivity index (χ4n) is 4.45. The number of benzene rings is 2. The van der Waals surface area contributed by atoms with E-state index >= 15 is 0 Å². The molecular formula is C28H23N5OS. The third-order valence-electron chi connectivity index (χ3n) is 6.10.